The molecule has 0 rings (SSSR count). The molecule has 0 saturated carbocycles. The molecule has 58 valence electrons. The number of amidine groups is 2. The van der Waals surface area contributed by atoms with E-state index in [4.69, 9.17) is 5.41 Å². The SMILES string of the molecule is CSC(=N)N=C(C)N(C)C. The molecule has 0 fully saturated rings. The van der Waals surface area contributed by atoms with Gasteiger partial charge >= 0.3 is 0 Å². The van der Waals surface area contributed by atoms with Crippen LogP contribution in [0.3, 0.4) is 0 Å². The first kappa shape index (κ1) is 9.49. The quantitative estimate of drug-likeness (QED) is 0.427. The van der Waals surface area contributed by atoms with Gasteiger partial charge in [0.25, 0.3) is 0 Å². The molecule has 3 nitrogen and oxygen atoms in total. The third-order valence-electron chi connectivity index (χ3n) is 1.10. The summed E-state index contributed by atoms with van der Waals surface area (Å²) in [7, 11) is 3.82. The largest absolute Gasteiger partial charge is 0.366 e. The number of rotatable bonds is 0. The molecule has 0 saturated heterocycles. The highest BCUT2D eigenvalue weighted by Crippen LogP contribution is 1.97. The Morgan fingerprint density at radius 3 is 2.30 bits per heavy atom. The maximum absolute atomic E-state index is 7.21. The average Bonchev–Trinajstić information content (AvgIpc) is 1.87. The van der Waals surface area contributed by atoms with Crippen LogP contribution in [-0.4, -0.2) is 36.3 Å². The number of thioether (sulfide) groups is 1. The topological polar surface area (TPSA) is 39.5 Å². The Hall–Kier alpha value is -0.510. The van der Waals surface area contributed by atoms with E-state index in [1.165, 1.54) is 11.8 Å². The highest BCUT2D eigenvalue weighted by atomic mass is 32.2. The maximum atomic E-state index is 7.21. The summed E-state index contributed by atoms with van der Waals surface area (Å²) in [4.78, 5) is 5.86. The molecule has 0 amide bonds. The molecule has 0 radical (unpaired) electrons. The summed E-state index contributed by atoms with van der Waals surface area (Å²) in [6, 6.07) is 0. The predicted molar refractivity (Wildman–Crippen MR) is 48.0 cm³/mol. The van der Waals surface area contributed by atoms with Gasteiger partial charge in [0.1, 0.15) is 5.84 Å². The van der Waals surface area contributed by atoms with Gasteiger partial charge in [0.05, 0.1) is 0 Å². The zero-order valence-corrected chi connectivity index (χ0v) is 7.62. The van der Waals surface area contributed by atoms with Crippen molar-refractivity contribution in [1.82, 2.24) is 4.90 Å². The second-order valence-electron chi connectivity index (χ2n) is 2.06. The standard InChI is InChI=1S/C6H13N3S/c1-5(9(2)3)8-6(7)10-4/h7H,1-4H3. The first-order valence-electron chi connectivity index (χ1n) is 2.93. The maximum Gasteiger partial charge on any atom is 0.181 e. The third-order valence-corrected chi connectivity index (χ3v) is 1.58. The van der Waals surface area contributed by atoms with Crippen LogP contribution < -0.4 is 0 Å². The van der Waals surface area contributed by atoms with E-state index >= 15 is 0 Å². The number of hydrogen-bond acceptors (Lipinski definition) is 2. The Labute approximate surface area is 66.0 Å². The fourth-order valence-corrected chi connectivity index (χ4v) is 0.516. The normalized spacial score (nSPS) is 11.4. The molecule has 0 aromatic rings. The van der Waals surface area contributed by atoms with Gasteiger partial charge in [-0.1, -0.05) is 11.8 Å². The fourth-order valence-electron chi connectivity index (χ4n) is 0.293. The van der Waals surface area contributed by atoms with E-state index in [-0.39, 0.29) is 0 Å². The number of nitrogens with one attached hydrogen (secondary N) is 1. The van der Waals surface area contributed by atoms with E-state index in [2.05, 4.69) is 4.99 Å². The Morgan fingerprint density at radius 1 is 1.50 bits per heavy atom. The molecule has 0 aliphatic rings. The summed E-state index contributed by atoms with van der Waals surface area (Å²) < 4.78 is 0. The lowest BCUT2D eigenvalue weighted by Gasteiger charge is -2.10. The summed E-state index contributed by atoms with van der Waals surface area (Å²) in [6.45, 7) is 1.88. The van der Waals surface area contributed by atoms with Gasteiger partial charge in [0.2, 0.25) is 0 Å². The lowest BCUT2D eigenvalue weighted by molar-refractivity contribution is 0.620. The van der Waals surface area contributed by atoms with Crippen molar-refractivity contribution >= 4 is 22.8 Å². The Kier molecular flexibility index (Phi) is 4.11. The van der Waals surface area contributed by atoms with Crippen LogP contribution in [-0.2, 0) is 0 Å². The van der Waals surface area contributed by atoms with Crippen molar-refractivity contribution in [1.29, 1.82) is 5.41 Å². The Morgan fingerprint density at radius 2 is 2.00 bits per heavy atom. The molecule has 0 aliphatic heterocycles. The van der Waals surface area contributed by atoms with Crippen molar-refractivity contribution in [2.24, 2.45) is 4.99 Å². The third kappa shape index (κ3) is 3.50. The molecule has 0 spiro atoms. The van der Waals surface area contributed by atoms with Crippen LogP contribution in [0.1, 0.15) is 6.92 Å². The van der Waals surface area contributed by atoms with Crippen LogP contribution in [0.4, 0.5) is 0 Å². The molecule has 1 N–H and O–H groups in total. The smallest absolute Gasteiger partial charge is 0.181 e. The van der Waals surface area contributed by atoms with Gasteiger partial charge in [-0.2, -0.15) is 0 Å². The van der Waals surface area contributed by atoms with E-state index in [1.807, 2.05) is 32.2 Å². The van der Waals surface area contributed by atoms with Crippen molar-refractivity contribution < 1.29 is 0 Å². The first-order valence-corrected chi connectivity index (χ1v) is 4.15. The first-order chi connectivity index (χ1) is 4.57. The molecule has 0 aromatic heterocycles. The van der Waals surface area contributed by atoms with Crippen molar-refractivity contribution in [3.05, 3.63) is 0 Å². The second kappa shape index (κ2) is 4.33. The Bertz CT molecular complexity index is 151. The molecular weight excluding hydrogens is 146 g/mol. The van der Waals surface area contributed by atoms with Gasteiger partial charge in [-0.15, -0.1) is 0 Å². The van der Waals surface area contributed by atoms with Gasteiger partial charge in [0.15, 0.2) is 5.17 Å². The van der Waals surface area contributed by atoms with Crippen LogP contribution in [0, 0.1) is 5.41 Å². The van der Waals surface area contributed by atoms with Gasteiger partial charge in [-0.05, 0) is 13.2 Å². The lowest BCUT2D eigenvalue weighted by Crippen LogP contribution is -2.19. The summed E-state index contributed by atoms with van der Waals surface area (Å²) in [5, 5.41) is 7.56. The van der Waals surface area contributed by atoms with E-state index < -0.39 is 0 Å². The molecule has 0 unspecified atom stereocenters. The number of hydrogen-bond donors (Lipinski definition) is 1. The predicted octanol–water partition coefficient (Wildman–Crippen LogP) is 1.26. The van der Waals surface area contributed by atoms with Crippen LogP contribution in [0.2, 0.25) is 0 Å². The Balaban J connectivity index is 4.03. The molecule has 0 aromatic carbocycles. The minimum absolute atomic E-state index is 0.353. The van der Waals surface area contributed by atoms with Gasteiger partial charge in [0, 0.05) is 14.1 Å². The van der Waals surface area contributed by atoms with E-state index in [0.29, 0.717) is 5.17 Å². The highest BCUT2D eigenvalue weighted by molar-refractivity contribution is 8.13. The van der Waals surface area contributed by atoms with Crippen molar-refractivity contribution in [3.63, 3.8) is 0 Å². The molecule has 0 heterocycles. The van der Waals surface area contributed by atoms with E-state index in [1.54, 1.807) is 0 Å². The molecule has 4 heteroatoms. The molecule has 10 heavy (non-hydrogen) atoms. The summed E-state index contributed by atoms with van der Waals surface area (Å²) in [6.07, 6.45) is 1.84. The van der Waals surface area contributed by atoms with Gasteiger partial charge in [-0.25, -0.2) is 4.99 Å². The minimum atomic E-state index is 0.353. The van der Waals surface area contributed by atoms with Crippen LogP contribution >= 0.6 is 11.8 Å². The summed E-state index contributed by atoms with van der Waals surface area (Å²) >= 11 is 1.34. The van der Waals surface area contributed by atoms with Crippen LogP contribution in [0.5, 0.6) is 0 Å². The summed E-state index contributed by atoms with van der Waals surface area (Å²) in [5.41, 5.74) is 0. The zero-order chi connectivity index (χ0) is 8.15. The molecule has 0 aliphatic carbocycles. The molecular formula is C6H13N3S. The average molecular weight is 159 g/mol. The van der Waals surface area contributed by atoms with Crippen LogP contribution in [0.15, 0.2) is 4.99 Å². The van der Waals surface area contributed by atoms with Crippen molar-refractivity contribution in [3.8, 4) is 0 Å². The number of nitrogens with zero attached hydrogens (tertiary/aromatic N) is 2. The zero-order valence-electron chi connectivity index (χ0n) is 6.80. The number of aliphatic imine (C=N–C) groups is 1. The molecule has 0 bridgehead atoms. The second-order valence-corrected chi connectivity index (χ2v) is 2.86. The fraction of sp³-hybridized carbons (Fsp3) is 0.667. The van der Waals surface area contributed by atoms with E-state index in [0.717, 1.165) is 5.84 Å². The summed E-state index contributed by atoms with van der Waals surface area (Å²) in [5.74, 6) is 0.861. The van der Waals surface area contributed by atoms with Crippen molar-refractivity contribution in [2.75, 3.05) is 20.4 Å². The minimum Gasteiger partial charge on any atom is -0.366 e. The van der Waals surface area contributed by atoms with E-state index in [9.17, 15) is 0 Å². The lowest BCUT2D eigenvalue weighted by atomic mass is 10.6. The van der Waals surface area contributed by atoms with Gasteiger partial charge < -0.3 is 4.90 Å². The van der Waals surface area contributed by atoms with Crippen LogP contribution in [0.25, 0.3) is 0 Å². The van der Waals surface area contributed by atoms with Crippen molar-refractivity contribution in [2.45, 2.75) is 6.92 Å². The monoisotopic (exact) mass is 159 g/mol. The van der Waals surface area contributed by atoms with Gasteiger partial charge in [-0.3, -0.25) is 5.41 Å². The molecule has 0 atom stereocenters. The highest BCUT2D eigenvalue weighted by Gasteiger charge is 1.94.